The normalized spacial score (nSPS) is 19.1. The lowest BCUT2D eigenvalue weighted by Gasteiger charge is -1.92. The summed E-state index contributed by atoms with van der Waals surface area (Å²) in [5.41, 5.74) is 6.87. The van der Waals surface area contributed by atoms with Crippen molar-refractivity contribution in [3.8, 4) is 0 Å². The molecule has 1 rings (SSSR count). The van der Waals surface area contributed by atoms with E-state index in [1.165, 1.54) is 25.7 Å². The fraction of sp³-hybridized carbons (Fsp3) is 1.00. The van der Waals surface area contributed by atoms with Crippen molar-refractivity contribution in [2.24, 2.45) is 5.92 Å². The average Bonchev–Trinajstić information content (AvgIpc) is 2.51. The Morgan fingerprint density at radius 2 is 2.00 bits per heavy atom. The minimum Gasteiger partial charge on any atom is -0.258 e. The van der Waals surface area contributed by atoms with Gasteiger partial charge in [0.05, 0.1) is 0 Å². The van der Waals surface area contributed by atoms with Gasteiger partial charge in [0.15, 0.2) is 0 Å². The Hall–Kier alpha value is -0.0400. The molecule has 1 nitrogen and oxygen atoms in total. The first-order chi connectivity index (χ1) is 3.93. The summed E-state index contributed by atoms with van der Waals surface area (Å²) in [4.78, 5) is 0. The van der Waals surface area contributed by atoms with Gasteiger partial charge < -0.3 is 0 Å². The first-order valence-corrected chi connectivity index (χ1v) is 3.58. The summed E-state index contributed by atoms with van der Waals surface area (Å²) in [6.45, 7) is 0.632. The van der Waals surface area contributed by atoms with E-state index in [2.05, 4.69) is 0 Å². The highest BCUT2D eigenvalue weighted by Crippen LogP contribution is 2.33. The maximum atomic E-state index is 6.87. The van der Waals surface area contributed by atoms with Crippen LogP contribution in [0.2, 0.25) is 0 Å². The smallest absolute Gasteiger partial charge is 0.00997 e. The molecular formula is C7H14N. The second-order valence-electron chi connectivity index (χ2n) is 2.69. The molecule has 0 aliphatic heterocycles. The summed E-state index contributed by atoms with van der Waals surface area (Å²) in [6, 6.07) is 0. The van der Waals surface area contributed by atoms with Crippen LogP contribution in [0.25, 0.3) is 0 Å². The van der Waals surface area contributed by atoms with Crippen LogP contribution in [0.3, 0.4) is 0 Å². The van der Waals surface area contributed by atoms with Crippen LogP contribution in [-0.2, 0) is 0 Å². The molecule has 1 aliphatic rings. The highest BCUT2D eigenvalue weighted by molar-refractivity contribution is 4.72. The number of nitrogens with one attached hydrogen (secondary N) is 1. The van der Waals surface area contributed by atoms with Gasteiger partial charge in [0.1, 0.15) is 0 Å². The van der Waals surface area contributed by atoms with Gasteiger partial charge in [-0.15, -0.1) is 0 Å². The second kappa shape index (κ2) is 3.08. The molecule has 1 N–H and O–H groups in total. The SMILES string of the molecule is [NH]CCCCC1CC1. The number of hydrogen-bond acceptors (Lipinski definition) is 0. The molecule has 0 saturated heterocycles. The predicted molar refractivity (Wildman–Crippen MR) is 34.5 cm³/mol. The lowest BCUT2D eigenvalue weighted by molar-refractivity contribution is 0.631. The third-order valence-electron chi connectivity index (χ3n) is 1.74. The van der Waals surface area contributed by atoms with Crippen LogP contribution in [0.15, 0.2) is 0 Å². The largest absolute Gasteiger partial charge is 0.258 e. The van der Waals surface area contributed by atoms with Gasteiger partial charge in [-0.2, -0.15) is 0 Å². The minimum absolute atomic E-state index is 0.632. The first-order valence-electron chi connectivity index (χ1n) is 3.58. The van der Waals surface area contributed by atoms with E-state index in [9.17, 15) is 0 Å². The van der Waals surface area contributed by atoms with E-state index in [-0.39, 0.29) is 0 Å². The van der Waals surface area contributed by atoms with Gasteiger partial charge in [-0.25, -0.2) is 0 Å². The van der Waals surface area contributed by atoms with E-state index in [4.69, 9.17) is 5.73 Å². The third kappa shape index (κ3) is 2.31. The van der Waals surface area contributed by atoms with E-state index in [0.717, 1.165) is 12.3 Å². The number of rotatable bonds is 4. The summed E-state index contributed by atoms with van der Waals surface area (Å²) < 4.78 is 0. The van der Waals surface area contributed by atoms with Gasteiger partial charge >= 0.3 is 0 Å². The molecule has 0 aromatic carbocycles. The number of hydrogen-bond donors (Lipinski definition) is 0. The van der Waals surface area contributed by atoms with Crippen molar-refractivity contribution in [2.45, 2.75) is 32.1 Å². The molecule has 47 valence electrons. The Morgan fingerprint density at radius 3 is 2.50 bits per heavy atom. The van der Waals surface area contributed by atoms with Gasteiger partial charge in [0.2, 0.25) is 0 Å². The number of unbranched alkanes of at least 4 members (excludes halogenated alkanes) is 1. The second-order valence-corrected chi connectivity index (χ2v) is 2.69. The van der Waals surface area contributed by atoms with Crippen LogP contribution in [-0.4, -0.2) is 6.54 Å². The lowest BCUT2D eigenvalue weighted by atomic mass is 10.2. The lowest BCUT2D eigenvalue weighted by Crippen LogP contribution is -1.85. The molecular weight excluding hydrogens is 98.1 g/mol. The molecule has 1 radical (unpaired) electrons. The summed E-state index contributed by atoms with van der Waals surface area (Å²) in [5.74, 6) is 1.07. The zero-order chi connectivity index (χ0) is 5.82. The van der Waals surface area contributed by atoms with Crippen LogP contribution in [0, 0.1) is 5.92 Å². The third-order valence-corrected chi connectivity index (χ3v) is 1.74. The first kappa shape index (κ1) is 6.09. The van der Waals surface area contributed by atoms with E-state index >= 15 is 0 Å². The molecule has 0 aromatic rings. The van der Waals surface area contributed by atoms with E-state index in [1.807, 2.05) is 0 Å². The Bertz CT molecular complexity index is 57.4. The van der Waals surface area contributed by atoms with E-state index in [1.54, 1.807) is 0 Å². The van der Waals surface area contributed by atoms with E-state index < -0.39 is 0 Å². The van der Waals surface area contributed by atoms with Gasteiger partial charge in [-0.05, 0) is 12.3 Å². The van der Waals surface area contributed by atoms with Crippen LogP contribution >= 0.6 is 0 Å². The van der Waals surface area contributed by atoms with Crippen LogP contribution in [0.4, 0.5) is 0 Å². The maximum Gasteiger partial charge on any atom is 0.00997 e. The van der Waals surface area contributed by atoms with Crippen molar-refractivity contribution < 1.29 is 0 Å². The molecule has 8 heavy (non-hydrogen) atoms. The predicted octanol–water partition coefficient (Wildman–Crippen LogP) is 1.85. The topological polar surface area (TPSA) is 23.8 Å². The molecule has 0 heterocycles. The van der Waals surface area contributed by atoms with Crippen LogP contribution in [0.5, 0.6) is 0 Å². The molecule has 1 aliphatic carbocycles. The van der Waals surface area contributed by atoms with Gasteiger partial charge in [0, 0.05) is 6.54 Å². The Morgan fingerprint density at radius 1 is 1.25 bits per heavy atom. The summed E-state index contributed by atoms with van der Waals surface area (Å²) >= 11 is 0. The molecule has 1 heteroatoms. The van der Waals surface area contributed by atoms with Crippen LogP contribution in [0.1, 0.15) is 32.1 Å². The standard InChI is InChI=1S/C7H14N/c8-6-2-1-3-7-4-5-7/h7-8H,1-6H2. The van der Waals surface area contributed by atoms with Gasteiger partial charge in [0.25, 0.3) is 0 Å². The fourth-order valence-electron chi connectivity index (χ4n) is 0.965. The molecule has 0 atom stereocenters. The Balaban J connectivity index is 1.74. The van der Waals surface area contributed by atoms with Crippen molar-refractivity contribution >= 4 is 0 Å². The molecule has 0 unspecified atom stereocenters. The molecule has 1 saturated carbocycles. The minimum atomic E-state index is 0.632. The highest BCUT2D eigenvalue weighted by atomic mass is 14.5. The van der Waals surface area contributed by atoms with E-state index in [0.29, 0.717) is 6.54 Å². The van der Waals surface area contributed by atoms with Crippen molar-refractivity contribution in [1.82, 2.24) is 5.73 Å². The maximum absolute atomic E-state index is 6.87. The van der Waals surface area contributed by atoms with Crippen LogP contribution < -0.4 is 5.73 Å². The zero-order valence-corrected chi connectivity index (χ0v) is 5.32. The molecule has 0 spiro atoms. The Kier molecular flexibility index (Phi) is 2.34. The monoisotopic (exact) mass is 112 g/mol. The molecule has 1 fully saturated rings. The molecule has 0 bridgehead atoms. The van der Waals surface area contributed by atoms with Crippen molar-refractivity contribution in [2.75, 3.05) is 6.54 Å². The molecule has 0 aromatic heterocycles. The van der Waals surface area contributed by atoms with Crippen molar-refractivity contribution in [1.29, 1.82) is 0 Å². The zero-order valence-electron chi connectivity index (χ0n) is 5.32. The summed E-state index contributed by atoms with van der Waals surface area (Å²) in [6.07, 6.45) is 6.76. The molecule has 0 amide bonds. The van der Waals surface area contributed by atoms with Crippen molar-refractivity contribution in [3.63, 3.8) is 0 Å². The summed E-state index contributed by atoms with van der Waals surface area (Å²) in [5, 5.41) is 0. The van der Waals surface area contributed by atoms with Gasteiger partial charge in [-0.1, -0.05) is 25.7 Å². The quantitative estimate of drug-likeness (QED) is 0.496. The van der Waals surface area contributed by atoms with Crippen molar-refractivity contribution in [3.05, 3.63) is 0 Å². The summed E-state index contributed by atoms with van der Waals surface area (Å²) in [7, 11) is 0. The average molecular weight is 112 g/mol. The van der Waals surface area contributed by atoms with Gasteiger partial charge in [-0.3, -0.25) is 5.73 Å². The Labute approximate surface area is 51.3 Å². The fourth-order valence-corrected chi connectivity index (χ4v) is 0.965. The highest BCUT2D eigenvalue weighted by Gasteiger charge is 2.19.